The molecule has 0 saturated carbocycles. The summed E-state index contributed by atoms with van der Waals surface area (Å²) in [5.74, 6) is 0. The van der Waals surface area contributed by atoms with Gasteiger partial charge in [-0.25, -0.2) is 0 Å². The van der Waals surface area contributed by atoms with Gasteiger partial charge in [0, 0.05) is 16.3 Å². The van der Waals surface area contributed by atoms with Gasteiger partial charge in [-0.3, -0.25) is 0 Å². The second-order valence-electron chi connectivity index (χ2n) is 5.89. The average molecular weight is 282 g/mol. The van der Waals surface area contributed by atoms with Crippen molar-refractivity contribution in [3.8, 4) is 11.3 Å². The van der Waals surface area contributed by atoms with Gasteiger partial charge in [0.15, 0.2) is 0 Å². The number of rotatable bonds is 1. The maximum Gasteiger partial charge on any atom is 0.101 e. The molecule has 0 fully saturated rings. The fourth-order valence-corrected chi connectivity index (χ4v) is 3.68. The van der Waals surface area contributed by atoms with Crippen LogP contribution in [0.2, 0.25) is 0 Å². The molecule has 1 aliphatic carbocycles. The first-order chi connectivity index (χ1) is 10.9. The highest BCUT2D eigenvalue weighted by Crippen LogP contribution is 2.38. The Bertz CT molecular complexity index is 1020. The van der Waals surface area contributed by atoms with Gasteiger partial charge >= 0.3 is 0 Å². The lowest BCUT2D eigenvalue weighted by molar-refractivity contribution is 1.02. The van der Waals surface area contributed by atoms with Gasteiger partial charge in [0.1, 0.15) is 5.69 Å². The number of nitrogens with zero attached hydrogens (tertiary/aromatic N) is 2. The standard InChI is InChI=1S/C20H14N2/c1-2-6-16-15(4-1)12-21-22-20(16)18-11-10-14-9-8-13-5-3-7-17(18)19(13)14/h1-7,10-12H,8-9H2. The fraction of sp³-hybridized carbons (Fsp3) is 0.100. The molecule has 104 valence electrons. The molecular formula is C20H14N2. The first kappa shape index (κ1) is 11.9. The van der Waals surface area contributed by atoms with E-state index in [0.717, 1.165) is 29.3 Å². The minimum absolute atomic E-state index is 0.980. The number of hydrogen-bond donors (Lipinski definition) is 0. The lowest BCUT2D eigenvalue weighted by atomic mass is 9.96. The van der Waals surface area contributed by atoms with Gasteiger partial charge in [-0.15, -0.1) is 5.10 Å². The molecule has 3 aromatic carbocycles. The van der Waals surface area contributed by atoms with E-state index in [1.165, 1.54) is 27.5 Å². The Morgan fingerprint density at radius 2 is 1.55 bits per heavy atom. The number of benzene rings is 3. The van der Waals surface area contributed by atoms with Gasteiger partial charge in [-0.05, 0) is 34.7 Å². The molecule has 0 radical (unpaired) electrons. The van der Waals surface area contributed by atoms with Crippen LogP contribution in [0.5, 0.6) is 0 Å². The predicted octanol–water partition coefficient (Wildman–Crippen LogP) is 4.55. The Kier molecular flexibility index (Phi) is 2.36. The largest absolute Gasteiger partial charge is 0.158 e. The van der Waals surface area contributed by atoms with Crippen molar-refractivity contribution in [3.63, 3.8) is 0 Å². The molecule has 0 bridgehead atoms. The van der Waals surface area contributed by atoms with Crippen LogP contribution in [0.3, 0.4) is 0 Å². The Hall–Kier alpha value is -2.74. The topological polar surface area (TPSA) is 25.8 Å². The third kappa shape index (κ3) is 1.55. The van der Waals surface area contributed by atoms with Gasteiger partial charge in [0.05, 0.1) is 6.20 Å². The lowest BCUT2D eigenvalue weighted by Gasteiger charge is -2.10. The van der Waals surface area contributed by atoms with Gasteiger partial charge in [0.2, 0.25) is 0 Å². The van der Waals surface area contributed by atoms with Crippen molar-refractivity contribution in [2.75, 3.05) is 0 Å². The van der Waals surface area contributed by atoms with E-state index in [9.17, 15) is 0 Å². The van der Waals surface area contributed by atoms with Crippen LogP contribution in [0.15, 0.2) is 60.8 Å². The highest BCUT2D eigenvalue weighted by atomic mass is 15.1. The molecule has 1 aromatic heterocycles. The molecule has 2 heteroatoms. The Morgan fingerprint density at radius 1 is 0.727 bits per heavy atom. The molecule has 22 heavy (non-hydrogen) atoms. The van der Waals surface area contributed by atoms with Crippen LogP contribution in [0.4, 0.5) is 0 Å². The molecule has 0 spiro atoms. The van der Waals surface area contributed by atoms with Crippen molar-refractivity contribution in [1.82, 2.24) is 10.2 Å². The summed E-state index contributed by atoms with van der Waals surface area (Å²) in [5.41, 5.74) is 5.09. The first-order valence-corrected chi connectivity index (χ1v) is 7.66. The SMILES string of the molecule is c1ccc2c(-c3ccc4c5c(cccc35)CC4)nncc2c1. The van der Waals surface area contributed by atoms with Crippen molar-refractivity contribution < 1.29 is 0 Å². The molecule has 1 aliphatic rings. The van der Waals surface area contributed by atoms with Crippen molar-refractivity contribution in [2.24, 2.45) is 0 Å². The Morgan fingerprint density at radius 3 is 2.50 bits per heavy atom. The van der Waals surface area contributed by atoms with Gasteiger partial charge in [-0.2, -0.15) is 5.10 Å². The smallest absolute Gasteiger partial charge is 0.101 e. The summed E-state index contributed by atoms with van der Waals surface area (Å²) < 4.78 is 0. The molecule has 2 nitrogen and oxygen atoms in total. The van der Waals surface area contributed by atoms with Crippen molar-refractivity contribution in [1.29, 1.82) is 0 Å². The van der Waals surface area contributed by atoms with Crippen LogP contribution in [0.1, 0.15) is 11.1 Å². The molecule has 0 aliphatic heterocycles. The van der Waals surface area contributed by atoms with Crippen molar-refractivity contribution >= 4 is 21.5 Å². The summed E-state index contributed by atoms with van der Waals surface area (Å²) in [7, 11) is 0. The molecule has 1 heterocycles. The highest BCUT2D eigenvalue weighted by molar-refractivity contribution is 6.06. The summed E-state index contributed by atoms with van der Waals surface area (Å²) in [5, 5.41) is 13.7. The van der Waals surface area contributed by atoms with Gasteiger partial charge in [-0.1, -0.05) is 54.6 Å². The van der Waals surface area contributed by atoms with Crippen molar-refractivity contribution in [2.45, 2.75) is 12.8 Å². The van der Waals surface area contributed by atoms with Crippen LogP contribution >= 0.6 is 0 Å². The van der Waals surface area contributed by atoms with Crippen LogP contribution in [-0.2, 0) is 12.8 Å². The molecule has 0 atom stereocenters. The Labute approximate surface area is 128 Å². The maximum absolute atomic E-state index is 4.46. The number of fused-ring (bicyclic) bond motifs is 1. The zero-order valence-electron chi connectivity index (χ0n) is 12.1. The van der Waals surface area contributed by atoms with E-state index in [4.69, 9.17) is 0 Å². The highest BCUT2D eigenvalue weighted by Gasteiger charge is 2.17. The predicted molar refractivity (Wildman–Crippen MR) is 89.9 cm³/mol. The molecule has 5 rings (SSSR count). The summed E-state index contributed by atoms with van der Waals surface area (Å²) in [6.07, 6.45) is 4.13. The minimum atomic E-state index is 0.980. The van der Waals surface area contributed by atoms with E-state index in [1.807, 2.05) is 12.3 Å². The Balaban J connectivity index is 1.92. The second kappa shape index (κ2) is 4.38. The van der Waals surface area contributed by atoms with Crippen LogP contribution in [0, 0.1) is 0 Å². The van der Waals surface area contributed by atoms with Crippen LogP contribution in [0.25, 0.3) is 32.8 Å². The minimum Gasteiger partial charge on any atom is -0.158 e. The van der Waals surface area contributed by atoms with E-state index in [-0.39, 0.29) is 0 Å². The molecule has 4 aromatic rings. The second-order valence-corrected chi connectivity index (χ2v) is 5.89. The monoisotopic (exact) mass is 282 g/mol. The van der Waals surface area contributed by atoms with E-state index in [2.05, 4.69) is 58.7 Å². The molecule has 0 unspecified atom stereocenters. The van der Waals surface area contributed by atoms with E-state index in [1.54, 1.807) is 0 Å². The molecule has 0 N–H and O–H groups in total. The quantitative estimate of drug-likeness (QED) is 0.512. The number of aromatic nitrogens is 2. The number of aryl methyl sites for hydroxylation is 2. The van der Waals surface area contributed by atoms with E-state index in [0.29, 0.717) is 0 Å². The van der Waals surface area contributed by atoms with E-state index >= 15 is 0 Å². The first-order valence-electron chi connectivity index (χ1n) is 7.66. The summed E-state index contributed by atoms with van der Waals surface area (Å²) in [6.45, 7) is 0. The maximum atomic E-state index is 4.46. The lowest BCUT2D eigenvalue weighted by Crippen LogP contribution is -1.91. The summed E-state index contributed by atoms with van der Waals surface area (Å²) in [4.78, 5) is 0. The third-order valence-electron chi connectivity index (χ3n) is 4.70. The normalized spacial score (nSPS) is 13.1. The van der Waals surface area contributed by atoms with Gasteiger partial charge < -0.3 is 0 Å². The summed E-state index contributed by atoms with van der Waals surface area (Å²) >= 11 is 0. The number of hydrogen-bond acceptors (Lipinski definition) is 2. The van der Waals surface area contributed by atoms with Crippen LogP contribution < -0.4 is 0 Å². The zero-order chi connectivity index (χ0) is 14.5. The molecule has 0 amide bonds. The van der Waals surface area contributed by atoms with Gasteiger partial charge in [0.25, 0.3) is 0 Å². The average Bonchev–Trinajstić information content (AvgIpc) is 3.00. The van der Waals surface area contributed by atoms with Crippen LogP contribution in [-0.4, -0.2) is 10.2 Å². The zero-order valence-corrected chi connectivity index (χ0v) is 12.1. The molecule has 0 saturated heterocycles. The molecular weight excluding hydrogens is 268 g/mol. The summed E-state index contributed by atoms with van der Waals surface area (Å²) in [6, 6.07) is 19.4. The third-order valence-corrected chi connectivity index (χ3v) is 4.70. The van der Waals surface area contributed by atoms with E-state index < -0.39 is 0 Å². The fourth-order valence-electron chi connectivity index (χ4n) is 3.68. The van der Waals surface area contributed by atoms with Crippen molar-refractivity contribution in [3.05, 3.63) is 71.9 Å².